The Balaban J connectivity index is 1.68. The molecule has 0 spiro atoms. The molecule has 5 aromatic rings. The molecule has 0 fully saturated rings. The summed E-state index contributed by atoms with van der Waals surface area (Å²) in [4.78, 5) is 0. The van der Waals surface area contributed by atoms with Gasteiger partial charge in [-0.1, -0.05) is 44.2 Å². The van der Waals surface area contributed by atoms with Gasteiger partial charge in [-0.2, -0.15) is 10.2 Å². The van der Waals surface area contributed by atoms with Gasteiger partial charge in [0.25, 0.3) is 0 Å². The van der Waals surface area contributed by atoms with Gasteiger partial charge in [0, 0.05) is 24.0 Å². The van der Waals surface area contributed by atoms with Gasteiger partial charge in [0.05, 0.1) is 22.6 Å². The predicted molar refractivity (Wildman–Crippen MR) is 124 cm³/mol. The van der Waals surface area contributed by atoms with Crippen LogP contribution in [0, 0.1) is 29.1 Å². The average molecular weight is 494 g/mol. The van der Waals surface area contributed by atoms with Crippen LogP contribution in [0.25, 0.3) is 22.5 Å². The second-order valence-electron chi connectivity index (χ2n) is 8.77. The van der Waals surface area contributed by atoms with E-state index >= 15 is 0 Å². The normalized spacial score (nSPS) is 11.8. The molecule has 4 nitrogen and oxygen atoms in total. The largest absolute Gasteiger partial charge is 0.241 e. The Morgan fingerprint density at radius 1 is 0.667 bits per heavy atom. The maximum Gasteiger partial charge on any atom is 0.200 e. The molecule has 0 aliphatic carbocycles. The van der Waals surface area contributed by atoms with Gasteiger partial charge in [-0.15, -0.1) is 0 Å². The van der Waals surface area contributed by atoms with Crippen molar-refractivity contribution in [1.82, 2.24) is 19.6 Å². The maximum absolute atomic E-state index is 14.7. The lowest BCUT2D eigenvalue weighted by Crippen LogP contribution is -2.20. The smallest absolute Gasteiger partial charge is 0.200 e. The van der Waals surface area contributed by atoms with E-state index in [2.05, 4.69) is 10.2 Å². The highest BCUT2D eigenvalue weighted by molar-refractivity contribution is 5.70. The number of hydrogen-bond donors (Lipinski definition) is 0. The molecular formula is C27H19F5N4. The molecule has 0 bridgehead atoms. The van der Waals surface area contributed by atoms with Crippen LogP contribution in [0.2, 0.25) is 0 Å². The summed E-state index contributed by atoms with van der Waals surface area (Å²) < 4.78 is 73.9. The Labute approximate surface area is 203 Å². The van der Waals surface area contributed by atoms with E-state index in [1.165, 1.54) is 27.7 Å². The van der Waals surface area contributed by atoms with Crippen LogP contribution in [-0.4, -0.2) is 19.6 Å². The molecule has 5 rings (SSSR count). The highest BCUT2D eigenvalue weighted by Crippen LogP contribution is 2.35. The monoisotopic (exact) mass is 494 g/mol. The summed E-state index contributed by atoms with van der Waals surface area (Å²) in [6, 6.07) is 17.5. The lowest BCUT2D eigenvalue weighted by atomic mass is 9.82. The zero-order chi connectivity index (χ0) is 25.6. The van der Waals surface area contributed by atoms with E-state index in [0.29, 0.717) is 11.4 Å². The van der Waals surface area contributed by atoms with E-state index in [1.807, 2.05) is 50.2 Å². The zero-order valence-corrected chi connectivity index (χ0v) is 19.2. The molecule has 0 unspecified atom stereocenters. The highest BCUT2D eigenvalue weighted by atomic mass is 19.2. The number of rotatable bonds is 5. The molecule has 36 heavy (non-hydrogen) atoms. The molecule has 0 atom stereocenters. The van der Waals surface area contributed by atoms with Gasteiger partial charge >= 0.3 is 0 Å². The van der Waals surface area contributed by atoms with Gasteiger partial charge in [0.2, 0.25) is 5.82 Å². The first-order chi connectivity index (χ1) is 17.2. The van der Waals surface area contributed by atoms with Crippen LogP contribution in [0.4, 0.5) is 22.0 Å². The first-order valence-electron chi connectivity index (χ1n) is 11.0. The molecule has 0 saturated heterocycles. The van der Waals surface area contributed by atoms with E-state index < -0.39 is 40.1 Å². The molecule has 182 valence electrons. The third-order valence-corrected chi connectivity index (χ3v) is 6.16. The average Bonchev–Trinajstić information content (AvgIpc) is 3.60. The van der Waals surface area contributed by atoms with Crippen LogP contribution in [0.5, 0.6) is 0 Å². The summed E-state index contributed by atoms with van der Waals surface area (Å²) in [6.45, 7) is 4.02. The topological polar surface area (TPSA) is 35.6 Å². The van der Waals surface area contributed by atoms with Crippen LogP contribution in [0.3, 0.4) is 0 Å². The van der Waals surface area contributed by atoms with Crippen molar-refractivity contribution < 1.29 is 22.0 Å². The Hall–Kier alpha value is -4.27. The number of halogens is 5. The molecule has 2 heterocycles. The van der Waals surface area contributed by atoms with E-state index in [-0.39, 0.29) is 5.56 Å². The molecule has 2 aromatic heterocycles. The molecule has 0 radical (unpaired) electrons. The van der Waals surface area contributed by atoms with E-state index in [9.17, 15) is 22.0 Å². The Bertz CT molecular complexity index is 1530. The zero-order valence-electron chi connectivity index (χ0n) is 19.2. The summed E-state index contributed by atoms with van der Waals surface area (Å²) in [7, 11) is 0. The van der Waals surface area contributed by atoms with Gasteiger partial charge in [0.15, 0.2) is 23.3 Å². The van der Waals surface area contributed by atoms with Gasteiger partial charge in [0.1, 0.15) is 0 Å². The van der Waals surface area contributed by atoms with Crippen molar-refractivity contribution in [3.63, 3.8) is 0 Å². The summed E-state index contributed by atoms with van der Waals surface area (Å²) in [5, 5.41) is 8.80. The summed E-state index contributed by atoms with van der Waals surface area (Å²) in [5.74, 6) is -10.1. The standard InChI is InChI=1S/C27H19F5N4/c1-27(2,17-7-4-3-5-8-17)20-9-12-36(34-20)19-14-16(13-18(15-19)35-11-6-10-33-35)21-22(28)24(30)26(32)25(31)23(21)29/h3-15H,1-2H3. The fraction of sp³-hybridized carbons (Fsp3) is 0.111. The highest BCUT2D eigenvalue weighted by Gasteiger charge is 2.28. The van der Waals surface area contributed by atoms with Crippen LogP contribution in [0.1, 0.15) is 25.1 Å². The molecule has 0 aliphatic rings. The summed E-state index contributed by atoms with van der Waals surface area (Å²) >= 11 is 0. The number of nitrogens with zero attached hydrogens (tertiary/aromatic N) is 4. The maximum atomic E-state index is 14.7. The van der Waals surface area contributed by atoms with Gasteiger partial charge in [-0.25, -0.2) is 31.3 Å². The Morgan fingerprint density at radius 2 is 1.28 bits per heavy atom. The second-order valence-corrected chi connectivity index (χ2v) is 8.77. The predicted octanol–water partition coefficient (Wildman–Crippen LogP) is 6.75. The number of aromatic nitrogens is 4. The number of benzene rings is 3. The van der Waals surface area contributed by atoms with Crippen molar-refractivity contribution in [3.05, 3.63) is 120 Å². The van der Waals surface area contributed by atoms with Crippen molar-refractivity contribution >= 4 is 0 Å². The summed E-state index contributed by atoms with van der Waals surface area (Å²) in [6.07, 6.45) is 4.76. The quantitative estimate of drug-likeness (QED) is 0.154. The van der Waals surface area contributed by atoms with Crippen molar-refractivity contribution in [1.29, 1.82) is 0 Å². The van der Waals surface area contributed by atoms with Crippen LogP contribution in [0.15, 0.2) is 79.3 Å². The molecule has 0 N–H and O–H groups in total. The second kappa shape index (κ2) is 8.75. The Kier molecular flexibility index (Phi) is 5.70. The fourth-order valence-electron chi connectivity index (χ4n) is 4.09. The van der Waals surface area contributed by atoms with Gasteiger partial charge < -0.3 is 0 Å². The third kappa shape index (κ3) is 3.86. The minimum atomic E-state index is -2.21. The van der Waals surface area contributed by atoms with Crippen LogP contribution >= 0.6 is 0 Å². The molecular weight excluding hydrogens is 475 g/mol. The van der Waals surface area contributed by atoms with E-state index in [0.717, 1.165) is 11.3 Å². The fourth-order valence-corrected chi connectivity index (χ4v) is 4.09. The minimum absolute atomic E-state index is 0.217. The van der Waals surface area contributed by atoms with Crippen molar-refractivity contribution in [2.24, 2.45) is 0 Å². The summed E-state index contributed by atoms with van der Waals surface area (Å²) in [5.41, 5.74) is 0.728. The molecule has 9 heteroatoms. The lowest BCUT2D eigenvalue weighted by Gasteiger charge is -2.23. The van der Waals surface area contributed by atoms with Gasteiger partial charge in [-0.05, 0) is 41.5 Å². The van der Waals surface area contributed by atoms with Crippen molar-refractivity contribution in [2.45, 2.75) is 19.3 Å². The first-order valence-corrected chi connectivity index (χ1v) is 11.0. The molecule has 0 saturated carbocycles. The van der Waals surface area contributed by atoms with E-state index in [4.69, 9.17) is 0 Å². The third-order valence-electron chi connectivity index (χ3n) is 6.16. The Morgan fingerprint density at radius 3 is 1.89 bits per heavy atom. The van der Waals surface area contributed by atoms with Crippen LogP contribution in [-0.2, 0) is 5.41 Å². The SMILES string of the molecule is CC(C)(c1ccccc1)c1ccn(-c2cc(-c3c(F)c(F)c(F)c(F)c3F)cc(-n3cccn3)c2)n1. The minimum Gasteiger partial charge on any atom is -0.241 e. The lowest BCUT2D eigenvalue weighted by molar-refractivity contribution is 0.381. The van der Waals surface area contributed by atoms with Crippen molar-refractivity contribution in [2.75, 3.05) is 0 Å². The first kappa shape index (κ1) is 23.5. The molecule has 3 aromatic carbocycles. The molecule has 0 amide bonds. The van der Waals surface area contributed by atoms with E-state index in [1.54, 1.807) is 24.5 Å². The van der Waals surface area contributed by atoms with Crippen LogP contribution < -0.4 is 0 Å². The van der Waals surface area contributed by atoms with Crippen molar-refractivity contribution in [3.8, 4) is 22.5 Å². The van der Waals surface area contributed by atoms with Gasteiger partial charge in [-0.3, -0.25) is 0 Å². The number of hydrogen-bond acceptors (Lipinski definition) is 2. The molecule has 0 aliphatic heterocycles.